The Bertz CT molecular complexity index is 261. The molecule has 1 atom stereocenters. The number of rotatable bonds is 1. The largest absolute Gasteiger partial charge is 0.399 e. The molecule has 1 aromatic rings. The second-order valence-electron chi connectivity index (χ2n) is 3.14. The van der Waals surface area contributed by atoms with Crippen LogP contribution in [0.2, 0.25) is 0 Å². The zero-order valence-corrected chi connectivity index (χ0v) is 6.50. The van der Waals surface area contributed by atoms with Crippen molar-refractivity contribution >= 4 is 5.69 Å². The van der Waals surface area contributed by atoms with Crippen LogP contribution in [0.15, 0.2) is 24.3 Å². The molecule has 1 saturated heterocycles. The molecule has 1 heterocycles. The van der Waals surface area contributed by atoms with E-state index in [1.807, 2.05) is 24.3 Å². The molecule has 0 bridgehead atoms. The van der Waals surface area contributed by atoms with Crippen molar-refractivity contribution < 1.29 is 4.74 Å². The standard InChI is InChI=1S/C9H11NO/c1-9(6-11-9)7-2-4-8(10)5-3-7/h2-5H,6,10H2,1H3. The molecule has 0 spiro atoms. The van der Waals surface area contributed by atoms with E-state index in [0.29, 0.717) is 0 Å². The molecule has 58 valence electrons. The number of hydrogen-bond donors (Lipinski definition) is 1. The summed E-state index contributed by atoms with van der Waals surface area (Å²) in [5.74, 6) is 0. The van der Waals surface area contributed by atoms with Gasteiger partial charge in [0, 0.05) is 5.69 Å². The maximum atomic E-state index is 5.55. The predicted molar refractivity (Wildman–Crippen MR) is 44.2 cm³/mol. The molecule has 0 aromatic heterocycles. The van der Waals surface area contributed by atoms with Crippen LogP contribution >= 0.6 is 0 Å². The fourth-order valence-electron chi connectivity index (χ4n) is 1.11. The smallest absolute Gasteiger partial charge is 0.114 e. The van der Waals surface area contributed by atoms with Crippen LogP contribution in [0.1, 0.15) is 12.5 Å². The third kappa shape index (κ3) is 1.10. The number of nitrogen functional groups attached to an aromatic ring is 1. The van der Waals surface area contributed by atoms with E-state index in [1.165, 1.54) is 5.56 Å². The minimum Gasteiger partial charge on any atom is -0.399 e. The first-order valence-corrected chi connectivity index (χ1v) is 3.71. The van der Waals surface area contributed by atoms with Crippen molar-refractivity contribution in [3.63, 3.8) is 0 Å². The average molecular weight is 149 g/mol. The van der Waals surface area contributed by atoms with E-state index in [0.717, 1.165) is 12.3 Å². The van der Waals surface area contributed by atoms with Crippen LogP contribution in [0.4, 0.5) is 5.69 Å². The highest BCUT2D eigenvalue weighted by Gasteiger charge is 2.40. The summed E-state index contributed by atoms with van der Waals surface area (Å²) in [7, 11) is 0. The van der Waals surface area contributed by atoms with Crippen LogP contribution in [-0.2, 0) is 10.3 Å². The molecular formula is C9H11NO. The molecule has 2 heteroatoms. The summed E-state index contributed by atoms with van der Waals surface area (Å²) in [6.45, 7) is 2.91. The van der Waals surface area contributed by atoms with Gasteiger partial charge in [-0.1, -0.05) is 12.1 Å². The summed E-state index contributed by atoms with van der Waals surface area (Å²) >= 11 is 0. The topological polar surface area (TPSA) is 38.5 Å². The minimum atomic E-state index is -0.0201. The monoisotopic (exact) mass is 149 g/mol. The highest BCUT2D eigenvalue weighted by Crippen LogP contribution is 2.37. The second kappa shape index (κ2) is 1.98. The second-order valence-corrected chi connectivity index (χ2v) is 3.14. The van der Waals surface area contributed by atoms with Gasteiger partial charge in [0.15, 0.2) is 0 Å². The van der Waals surface area contributed by atoms with Crippen molar-refractivity contribution in [1.82, 2.24) is 0 Å². The van der Waals surface area contributed by atoms with Gasteiger partial charge in [0.1, 0.15) is 5.60 Å². The van der Waals surface area contributed by atoms with E-state index < -0.39 is 0 Å². The molecule has 1 aliphatic rings. The first-order valence-electron chi connectivity index (χ1n) is 3.71. The maximum Gasteiger partial charge on any atom is 0.114 e. The minimum absolute atomic E-state index is 0.0201. The van der Waals surface area contributed by atoms with Gasteiger partial charge < -0.3 is 10.5 Å². The molecule has 0 aliphatic carbocycles. The van der Waals surface area contributed by atoms with Crippen molar-refractivity contribution in [2.75, 3.05) is 12.3 Å². The van der Waals surface area contributed by atoms with Crippen molar-refractivity contribution in [1.29, 1.82) is 0 Å². The molecule has 1 unspecified atom stereocenters. The first-order chi connectivity index (χ1) is 5.21. The van der Waals surface area contributed by atoms with E-state index in [4.69, 9.17) is 10.5 Å². The molecule has 11 heavy (non-hydrogen) atoms. The van der Waals surface area contributed by atoms with Gasteiger partial charge in [0.2, 0.25) is 0 Å². The first kappa shape index (κ1) is 6.68. The summed E-state index contributed by atoms with van der Waals surface area (Å²) in [5.41, 5.74) is 7.55. The Morgan fingerprint density at radius 2 is 1.91 bits per heavy atom. The average Bonchev–Trinajstić information content (AvgIpc) is 2.70. The summed E-state index contributed by atoms with van der Waals surface area (Å²) in [6, 6.07) is 7.84. The van der Waals surface area contributed by atoms with E-state index in [-0.39, 0.29) is 5.60 Å². The number of hydrogen-bond acceptors (Lipinski definition) is 2. The van der Waals surface area contributed by atoms with Gasteiger partial charge in [-0.05, 0) is 24.6 Å². The molecule has 0 saturated carbocycles. The lowest BCUT2D eigenvalue weighted by molar-refractivity contribution is 0.329. The molecule has 1 aromatic carbocycles. The SMILES string of the molecule is CC1(c2ccc(N)cc2)CO1. The Morgan fingerprint density at radius 3 is 2.36 bits per heavy atom. The highest BCUT2D eigenvalue weighted by atomic mass is 16.6. The van der Waals surface area contributed by atoms with Crippen LogP contribution in [0.3, 0.4) is 0 Å². The van der Waals surface area contributed by atoms with Crippen molar-refractivity contribution in [2.24, 2.45) is 0 Å². The normalized spacial score (nSPS) is 28.5. The zero-order chi connectivity index (χ0) is 7.90. The summed E-state index contributed by atoms with van der Waals surface area (Å²) in [5, 5.41) is 0. The van der Waals surface area contributed by atoms with Crippen molar-refractivity contribution in [3.8, 4) is 0 Å². The van der Waals surface area contributed by atoms with Crippen LogP contribution < -0.4 is 5.73 Å². The summed E-state index contributed by atoms with van der Waals surface area (Å²) in [6.07, 6.45) is 0. The van der Waals surface area contributed by atoms with E-state index in [1.54, 1.807) is 0 Å². The molecule has 0 radical (unpaired) electrons. The Labute approximate surface area is 66.0 Å². The van der Waals surface area contributed by atoms with Crippen LogP contribution in [0, 0.1) is 0 Å². The third-order valence-electron chi connectivity index (χ3n) is 2.10. The molecular weight excluding hydrogens is 138 g/mol. The van der Waals surface area contributed by atoms with E-state index >= 15 is 0 Å². The Hall–Kier alpha value is -1.02. The van der Waals surface area contributed by atoms with Gasteiger partial charge in [-0.15, -0.1) is 0 Å². The lowest BCUT2D eigenvalue weighted by Gasteiger charge is -2.04. The van der Waals surface area contributed by atoms with Gasteiger partial charge in [0.25, 0.3) is 0 Å². The zero-order valence-electron chi connectivity index (χ0n) is 6.50. The van der Waals surface area contributed by atoms with E-state index in [2.05, 4.69) is 6.92 Å². The number of nitrogens with two attached hydrogens (primary N) is 1. The van der Waals surface area contributed by atoms with Gasteiger partial charge in [-0.3, -0.25) is 0 Å². The van der Waals surface area contributed by atoms with Crippen molar-refractivity contribution in [3.05, 3.63) is 29.8 Å². The predicted octanol–water partition coefficient (Wildman–Crippen LogP) is 1.51. The van der Waals surface area contributed by atoms with Gasteiger partial charge in [-0.25, -0.2) is 0 Å². The number of ether oxygens (including phenoxy) is 1. The Kier molecular flexibility index (Phi) is 1.20. The number of anilines is 1. The van der Waals surface area contributed by atoms with Crippen molar-refractivity contribution in [2.45, 2.75) is 12.5 Å². The van der Waals surface area contributed by atoms with Gasteiger partial charge >= 0.3 is 0 Å². The quantitative estimate of drug-likeness (QED) is 0.485. The summed E-state index contributed by atoms with van der Waals surface area (Å²) in [4.78, 5) is 0. The third-order valence-corrected chi connectivity index (χ3v) is 2.10. The molecule has 2 N–H and O–H groups in total. The maximum absolute atomic E-state index is 5.55. The van der Waals surface area contributed by atoms with Gasteiger partial charge in [-0.2, -0.15) is 0 Å². The fraction of sp³-hybridized carbons (Fsp3) is 0.333. The summed E-state index contributed by atoms with van der Waals surface area (Å²) < 4.78 is 5.28. The lowest BCUT2D eigenvalue weighted by Crippen LogP contribution is -2.01. The van der Waals surface area contributed by atoms with Gasteiger partial charge in [0.05, 0.1) is 6.61 Å². The molecule has 2 nitrogen and oxygen atoms in total. The Morgan fingerprint density at radius 1 is 1.36 bits per heavy atom. The lowest BCUT2D eigenvalue weighted by atomic mass is 10.0. The molecule has 1 fully saturated rings. The molecule has 2 rings (SSSR count). The fourth-order valence-corrected chi connectivity index (χ4v) is 1.11. The molecule has 0 amide bonds. The number of epoxide rings is 1. The Balaban J connectivity index is 2.33. The van der Waals surface area contributed by atoms with Crippen LogP contribution in [-0.4, -0.2) is 6.61 Å². The molecule has 1 aliphatic heterocycles. The van der Waals surface area contributed by atoms with E-state index in [9.17, 15) is 0 Å². The van der Waals surface area contributed by atoms with Crippen LogP contribution in [0.25, 0.3) is 0 Å². The van der Waals surface area contributed by atoms with Crippen LogP contribution in [0.5, 0.6) is 0 Å². The number of benzene rings is 1. The highest BCUT2D eigenvalue weighted by molar-refractivity contribution is 5.41.